The number of fused-ring (bicyclic) bond motifs is 9. The van der Waals surface area contributed by atoms with E-state index in [9.17, 15) is 0 Å². The average Bonchev–Trinajstić information content (AvgIpc) is 3.88. The van der Waals surface area contributed by atoms with Gasteiger partial charge in [0.1, 0.15) is 22.3 Å². The summed E-state index contributed by atoms with van der Waals surface area (Å²) in [6.07, 6.45) is 6.67. The number of rotatable bonds is 3. The topological polar surface area (TPSA) is 65.0 Å². The van der Waals surface area contributed by atoms with Crippen LogP contribution in [0, 0.1) is 23.7 Å². The molecule has 5 heteroatoms. The maximum absolute atomic E-state index is 6.60. The number of nitrogens with zero attached hydrogens (tertiary/aromatic N) is 3. The molecule has 3 heterocycles. The van der Waals surface area contributed by atoms with E-state index in [0.717, 1.165) is 72.4 Å². The van der Waals surface area contributed by atoms with Crippen LogP contribution >= 0.6 is 0 Å². The van der Waals surface area contributed by atoms with E-state index < -0.39 is 0 Å². The zero-order valence-corrected chi connectivity index (χ0v) is 29.6. The molecule has 5 nitrogen and oxygen atoms in total. The summed E-state index contributed by atoms with van der Waals surface area (Å²) in [4.78, 5) is 16.3. The minimum absolute atomic E-state index is 0.0393. The highest BCUT2D eigenvalue weighted by molar-refractivity contribution is 6.12. The second kappa shape index (κ2) is 10.5. The fourth-order valence-corrected chi connectivity index (χ4v) is 12.0. The van der Waals surface area contributed by atoms with Gasteiger partial charge < -0.3 is 8.83 Å². The number of furan rings is 2. The van der Waals surface area contributed by atoms with Gasteiger partial charge in [0.05, 0.1) is 5.56 Å². The van der Waals surface area contributed by atoms with Gasteiger partial charge in [-0.2, -0.15) is 0 Å². The van der Waals surface area contributed by atoms with Crippen LogP contribution in [0.25, 0.3) is 89.2 Å². The molecule has 5 aliphatic rings. The van der Waals surface area contributed by atoms with Crippen molar-refractivity contribution in [1.82, 2.24) is 15.0 Å². The summed E-state index contributed by atoms with van der Waals surface area (Å²) >= 11 is 0. The van der Waals surface area contributed by atoms with Crippen LogP contribution in [0.15, 0.2) is 136 Å². The molecule has 4 bridgehead atoms. The molecule has 9 aromatic rings. The number of hydrogen-bond donors (Lipinski definition) is 0. The van der Waals surface area contributed by atoms with Crippen molar-refractivity contribution < 1.29 is 8.83 Å². The van der Waals surface area contributed by atoms with Gasteiger partial charge >= 0.3 is 0 Å². The van der Waals surface area contributed by atoms with E-state index >= 15 is 0 Å². The third-order valence-corrected chi connectivity index (χ3v) is 13.7. The fourth-order valence-electron chi connectivity index (χ4n) is 12.0. The van der Waals surface area contributed by atoms with E-state index in [1.807, 2.05) is 36.4 Å². The van der Waals surface area contributed by atoms with E-state index in [0.29, 0.717) is 29.3 Å². The summed E-state index contributed by atoms with van der Waals surface area (Å²) in [6.45, 7) is 0. The molecule has 4 saturated carbocycles. The monoisotopic (exact) mass is 697 g/mol. The maximum atomic E-state index is 6.60. The van der Waals surface area contributed by atoms with Gasteiger partial charge in [0.15, 0.2) is 17.5 Å². The SMILES string of the molecule is c1ccc2c(c1)-c1cccc(-c3nc(-c4cccc5c4oc4ccccc45)nc(-c4cccc5oc6ccccc6c45)n3)c1C21C2CC3CC(C2)CC1C3. The van der Waals surface area contributed by atoms with Gasteiger partial charge in [-0.25, -0.2) is 15.0 Å². The van der Waals surface area contributed by atoms with E-state index in [1.165, 1.54) is 54.4 Å². The quantitative estimate of drug-likeness (QED) is 0.184. The molecule has 0 atom stereocenters. The van der Waals surface area contributed by atoms with Gasteiger partial charge in [0, 0.05) is 38.1 Å². The molecule has 0 N–H and O–H groups in total. The summed E-state index contributed by atoms with van der Waals surface area (Å²) in [7, 11) is 0. The van der Waals surface area contributed by atoms with E-state index in [-0.39, 0.29) is 5.41 Å². The average molecular weight is 698 g/mol. The van der Waals surface area contributed by atoms with Gasteiger partial charge in [0.25, 0.3) is 0 Å². The number of benzene rings is 6. The Balaban J connectivity index is 1.12. The van der Waals surface area contributed by atoms with Crippen LogP contribution in [0.4, 0.5) is 0 Å². The van der Waals surface area contributed by atoms with Gasteiger partial charge in [-0.15, -0.1) is 0 Å². The molecular weight excluding hydrogens is 663 g/mol. The van der Waals surface area contributed by atoms with Crippen molar-refractivity contribution >= 4 is 43.9 Å². The van der Waals surface area contributed by atoms with Crippen molar-refractivity contribution in [1.29, 1.82) is 0 Å². The number of para-hydroxylation sites is 3. The van der Waals surface area contributed by atoms with Gasteiger partial charge in [0.2, 0.25) is 0 Å². The smallest absolute Gasteiger partial charge is 0.167 e. The normalized spacial score (nSPS) is 23.6. The summed E-state index contributed by atoms with van der Waals surface area (Å²) in [5.74, 6) is 4.90. The van der Waals surface area contributed by atoms with Crippen molar-refractivity contribution in [3.05, 3.63) is 139 Å². The van der Waals surface area contributed by atoms with E-state index in [4.69, 9.17) is 23.8 Å². The Kier molecular flexibility index (Phi) is 5.74. The first kappa shape index (κ1) is 29.4. The second-order valence-electron chi connectivity index (χ2n) is 16.3. The Labute approximate surface area is 311 Å². The Morgan fingerprint density at radius 2 is 0.963 bits per heavy atom. The molecule has 4 fully saturated rings. The van der Waals surface area contributed by atoms with Crippen molar-refractivity contribution in [2.75, 3.05) is 0 Å². The third-order valence-electron chi connectivity index (χ3n) is 13.7. The Morgan fingerprint density at radius 1 is 0.426 bits per heavy atom. The predicted octanol–water partition coefficient (Wildman–Crippen LogP) is 12.4. The molecule has 0 aliphatic heterocycles. The molecule has 258 valence electrons. The second-order valence-corrected chi connectivity index (χ2v) is 16.3. The fraction of sp³-hybridized carbons (Fsp3) is 0.204. The predicted molar refractivity (Wildman–Crippen MR) is 214 cm³/mol. The van der Waals surface area contributed by atoms with Crippen molar-refractivity contribution in [2.45, 2.75) is 37.5 Å². The van der Waals surface area contributed by atoms with E-state index in [2.05, 4.69) is 91.0 Å². The zero-order valence-electron chi connectivity index (χ0n) is 29.6. The molecule has 3 aromatic heterocycles. The molecule has 0 radical (unpaired) electrons. The van der Waals surface area contributed by atoms with Gasteiger partial charge in [-0.3, -0.25) is 0 Å². The van der Waals surface area contributed by atoms with Crippen LogP contribution in [-0.4, -0.2) is 15.0 Å². The van der Waals surface area contributed by atoms with Gasteiger partial charge in [-0.1, -0.05) is 103 Å². The van der Waals surface area contributed by atoms with Crippen molar-refractivity contribution in [3.63, 3.8) is 0 Å². The lowest BCUT2D eigenvalue weighted by molar-refractivity contribution is -0.0397. The molecule has 5 aliphatic carbocycles. The molecule has 6 aromatic carbocycles. The Hall–Kier alpha value is -6.07. The highest BCUT2D eigenvalue weighted by Gasteiger charge is 2.62. The zero-order chi connectivity index (χ0) is 35.1. The molecule has 14 rings (SSSR count). The maximum Gasteiger partial charge on any atom is 0.167 e. The first-order valence-electron chi connectivity index (χ1n) is 19.5. The molecule has 0 saturated heterocycles. The van der Waals surface area contributed by atoms with Crippen LogP contribution < -0.4 is 0 Å². The number of aromatic nitrogens is 3. The summed E-state index contributed by atoms with van der Waals surface area (Å²) in [5.41, 5.74) is 11.9. The Bertz CT molecular complexity index is 3010. The van der Waals surface area contributed by atoms with Crippen LogP contribution in [-0.2, 0) is 5.41 Å². The van der Waals surface area contributed by atoms with Crippen LogP contribution in [0.5, 0.6) is 0 Å². The molecular formula is C49H35N3O2. The lowest BCUT2D eigenvalue weighted by Crippen LogP contribution is -2.55. The molecule has 0 unspecified atom stereocenters. The largest absolute Gasteiger partial charge is 0.456 e. The van der Waals surface area contributed by atoms with Crippen LogP contribution in [0.3, 0.4) is 0 Å². The highest BCUT2D eigenvalue weighted by Crippen LogP contribution is 2.70. The van der Waals surface area contributed by atoms with Crippen LogP contribution in [0.1, 0.15) is 43.2 Å². The molecule has 0 amide bonds. The highest BCUT2D eigenvalue weighted by atomic mass is 16.3. The standard InChI is InChI=1S/C49H35N3O2/c1-4-18-39-31(10-1)33-13-7-16-37(44(33)49(39)29-23-27-22-28(25-29)26-30(49)24-27)47-50-46(36-15-9-21-42-43(36)35-12-3-6-20-41(35)53-42)51-48(52-47)38-17-8-14-34-32-11-2-5-19-40(32)54-45(34)38/h1-21,27-30H,22-26H2. The summed E-state index contributed by atoms with van der Waals surface area (Å²) in [6, 6.07) is 45.1. The number of hydrogen-bond acceptors (Lipinski definition) is 5. The van der Waals surface area contributed by atoms with Crippen LogP contribution in [0.2, 0.25) is 0 Å². The lowest BCUT2D eigenvalue weighted by Gasteiger charge is -2.61. The van der Waals surface area contributed by atoms with Gasteiger partial charge in [-0.05, 0) is 102 Å². The molecule has 1 spiro atoms. The third kappa shape index (κ3) is 3.76. The van der Waals surface area contributed by atoms with E-state index in [1.54, 1.807) is 0 Å². The minimum Gasteiger partial charge on any atom is -0.456 e. The van der Waals surface area contributed by atoms with Crippen molar-refractivity contribution in [3.8, 4) is 45.3 Å². The Morgan fingerprint density at radius 3 is 1.78 bits per heavy atom. The van der Waals surface area contributed by atoms with Crippen molar-refractivity contribution in [2.24, 2.45) is 23.7 Å². The summed E-state index contributed by atoms with van der Waals surface area (Å²) in [5, 5.41) is 4.20. The summed E-state index contributed by atoms with van der Waals surface area (Å²) < 4.78 is 13.0. The molecule has 54 heavy (non-hydrogen) atoms. The first-order valence-corrected chi connectivity index (χ1v) is 19.5. The first-order chi connectivity index (χ1) is 26.7. The minimum atomic E-state index is -0.0393. The lowest BCUT2D eigenvalue weighted by atomic mass is 9.43.